The molecular formula is C16H23NO3. The predicted molar refractivity (Wildman–Crippen MR) is 77.6 cm³/mol. The van der Waals surface area contributed by atoms with Crippen LogP contribution in [-0.2, 0) is 11.2 Å². The van der Waals surface area contributed by atoms with Crippen LogP contribution in [0.1, 0.15) is 18.4 Å². The standard InChI is InChI=1S/C16H23NO3/c1-3-14-13-15(4-5-16(14)20-9-1)19-10-2-6-17-7-11-18-12-8-17/h4-5,13H,1-3,6-12H2. The van der Waals surface area contributed by atoms with Crippen molar-refractivity contribution in [3.63, 3.8) is 0 Å². The van der Waals surface area contributed by atoms with Crippen LogP contribution in [0.2, 0.25) is 0 Å². The first-order valence-corrected chi connectivity index (χ1v) is 7.60. The first-order chi connectivity index (χ1) is 9.92. The van der Waals surface area contributed by atoms with Crippen LogP contribution in [0.5, 0.6) is 11.5 Å². The van der Waals surface area contributed by atoms with E-state index in [1.165, 1.54) is 5.56 Å². The molecule has 2 aliphatic heterocycles. The summed E-state index contributed by atoms with van der Waals surface area (Å²) >= 11 is 0. The molecule has 0 bridgehead atoms. The van der Waals surface area contributed by atoms with Gasteiger partial charge in [-0.2, -0.15) is 0 Å². The third-order valence-corrected chi connectivity index (χ3v) is 3.87. The lowest BCUT2D eigenvalue weighted by molar-refractivity contribution is 0.0358. The normalized spacial score (nSPS) is 19.2. The van der Waals surface area contributed by atoms with Gasteiger partial charge < -0.3 is 14.2 Å². The van der Waals surface area contributed by atoms with Gasteiger partial charge in [0.05, 0.1) is 26.4 Å². The van der Waals surface area contributed by atoms with Crippen LogP contribution in [0.15, 0.2) is 18.2 Å². The molecule has 0 unspecified atom stereocenters. The number of benzene rings is 1. The Labute approximate surface area is 120 Å². The van der Waals surface area contributed by atoms with Crippen LogP contribution in [0, 0.1) is 0 Å². The number of hydrogen-bond acceptors (Lipinski definition) is 4. The Morgan fingerprint density at radius 3 is 2.95 bits per heavy atom. The molecule has 1 saturated heterocycles. The average molecular weight is 277 g/mol. The minimum atomic E-state index is 0.775. The number of morpholine rings is 1. The number of hydrogen-bond donors (Lipinski definition) is 0. The van der Waals surface area contributed by atoms with E-state index in [-0.39, 0.29) is 0 Å². The Morgan fingerprint density at radius 2 is 2.05 bits per heavy atom. The Balaban J connectivity index is 1.41. The molecule has 20 heavy (non-hydrogen) atoms. The third kappa shape index (κ3) is 3.64. The lowest BCUT2D eigenvalue weighted by atomic mass is 10.1. The van der Waals surface area contributed by atoms with E-state index in [1.54, 1.807) is 0 Å². The first kappa shape index (κ1) is 13.7. The van der Waals surface area contributed by atoms with Gasteiger partial charge in [-0.15, -0.1) is 0 Å². The molecule has 110 valence electrons. The monoisotopic (exact) mass is 277 g/mol. The molecule has 2 heterocycles. The Morgan fingerprint density at radius 1 is 1.15 bits per heavy atom. The fourth-order valence-electron chi connectivity index (χ4n) is 2.73. The number of aryl methyl sites for hydroxylation is 1. The topological polar surface area (TPSA) is 30.9 Å². The third-order valence-electron chi connectivity index (χ3n) is 3.87. The van der Waals surface area contributed by atoms with Gasteiger partial charge in [-0.1, -0.05) is 0 Å². The fraction of sp³-hybridized carbons (Fsp3) is 0.625. The predicted octanol–water partition coefficient (Wildman–Crippen LogP) is 2.11. The van der Waals surface area contributed by atoms with Gasteiger partial charge in [0.15, 0.2) is 0 Å². The van der Waals surface area contributed by atoms with E-state index < -0.39 is 0 Å². The molecule has 4 heteroatoms. The summed E-state index contributed by atoms with van der Waals surface area (Å²) in [5, 5.41) is 0. The number of rotatable bonds is 5. The van der Waals surface area contributed by atoms with Crippen molar-refractivity contribution in [1.29, 1.82) is 0 Å². The van der Waals surface area contributed by atoms with E-state index in [4.69, 9.17) is 14.2 Å². The molecule has 1 aromatic carbocycles. The van der Waals surface area contributed by atoms with Crippen molar-refractivity contribution in [2.24, 2.45) is 0 Å². The highest BCUT2D eigenvalue weighted by atomic mass is 16.5. The van der Waals surface area contributed by atoms with Gasteiger partial charge in [0.2, 0.25) is 0 Å². The van der Waals surface area contributed by atoms with Gasteiger partial charge in [-0.3, -0.25) is 4.90 Å². The molecule has 3 rings (SSSR count). The van der Waals surface area contributed by atoms with Crippen molar-refractivity contribution in [3.05, 3.63) is 23.8 Å². The van der Waals surface area contributed by atoms with Crippen molar-refractivity contribution in [1.82, 2.24) is 4.90 Å². The molecular weight excluding hydrogens is 254 g/mol. The maximum absolute atomic E-state index is 5.85. The SMILES string of the molecule is c1cc2c(cc1OCCCN1CCOCC1)CCCO2. The second kappa shape index (κ2) is 6.95. The number of fused-ring (bicyclic) bond motifs is 1. The molecule has 0 N–H and O–H groups in total. The first-order valence-electron chi connectivity index (χ1n) is 7.60. The molecule has 0 spiro atoms. The molecule has 0 aromatic heterocycles. The quantitative estimate of drug-likeness (QED) is 0.771. The second-order valence-corrected chi connectivity index (χ2v) is 5.38. The largest absolute Gasteiger partial charge is 0.494 e. The number of ether oxygens (including phenoxy) is 3. The molecule has 2 aliphatic rings. The number of nitrogens with zero attached hydrogens (tertiary/aromatic N) is 1. The van der Waals surface area contributed by atoms with Gasteiger partial charge in [-0.05, 0) is 43.0 Å². The Kier molecular flexibility index (Phi) is 4.77. The highest BCUT2D eigenvalue weighted by Crippen LogP contribution is 2.28. The van der Waals surface area contributed by atoms with E-state index in [1.807, 2.05) is 12.1 Å². The van der Waals surface area contributed by atoms with Crippen molar-refractivity contribution in [2.75, 3.05) is 46.1 Å². The summed E-state index contributed by atoms with van der Waals surface area (Å²) in [6, 6.07) is 6.17. The maximum atomic E-state index is 5.85. The second-order valence-electron chi connectivity index (χ2n) is 5.38. The summed E-state index contributed by atoms with van der Waals surface area (Å²) in [4.78, 5) is 2.44. The van der Waals surface area contributed by atoms with Gasteiger partial charge in [0.25, 0.3) is 0 Å². The van der Waals surface area contributed by atoms with E-state index in [0.717, 1.165) is 76.8 Å². The zero-order valence-corrected chi connectivity index (χ0v) is 12.0. The maximum Gasteiger partial charge on any atom is 0.122 e. The van der Waals surface area contributed by atoms with Gasteiger partial charge in [0, 0.05) is 19.6 Å². The molecule has 1 fully saturated rings. The smallest absolute Gasteiger partial charge is 0.122 e. The fourth-order valence-corrected chi connectivity index (χ4v) is 2.73. The summed E-state index contributed by atoms with van der Waals surface area (Å²) in [7, 11) is 0. The van der Waals surface area contributed by atoms with Gasteiger partial charge in [0.1, 0.15) is 11.5 Å². The van der Waals surface area contributed by atoms with E-state index >= 15 is 0 Å². The van der Waals surface area contributed by atoms with Gasteiger partial charge >= 0.3 is 0 Å². The van der Waals surface area contributed by atoms with Crippen molar-refractivity contribution < 1.29 is 14.2 Å². The van der Waals surface area contributed by atoms with Crippen LogP contribution < -0.4 is 9.47 Å². The Hall–Kier alpha value is -1.26. The highest BCUT2D eigenvalue weighted by molar-refractivity contribution is 5.41. The highest BCUT2D eigenvalue weighted by Gasteiger charge is 2.12. The molecule has 0 atom stereocenters. The van der Waals surface area contributed by atoms with Crippen molar-refractivity contribution >= 4 is 0 Å². The molecule has 1 aromatic rings. The Bertz CT molecular complexity index is 430. The minimum Gasteiger partial charge on any atom is -0.494 e. The van der Waals surface area contributed by atoms with Crippen LogP contribution >= 0.6 is 0 Å². The summed E-state index contributed by atoms with van der Waals surface area (Å²) < 4.78 is 16.8. The zero-order chi connectivity index (χ0) is 13.6. The molecule has 0 radical (unpaired) electrons. The van der Waals surface area contributed by atoms with Crippen LogP contribution in [-0.4, -0.2) is 51.0 Å². The van der Waals surface area contributed by atoms with E-state index in [0.29, 0.717) is 0 Å². The lowest BCUT2D eigenvalue weighted by Crippen LogP contribution is -2.37. The summed E-state index contributed by atoms with van der Waals surface area (Å²) in [5.41, 5.74) is 1.28. The average Bonchev–Trinajstić information content (AvgIpc) is 2.52. The molecule has 0 amide bonds. The minimum absolute atomic E-state index is 0.775. The van der Waals surface area contributed by atoms with E-state index in [9.17, 15) is 0 Å². The molecule has 4 nitrogen and oxygen atoms in total. The van der Waals surface area contributed by atoms with Gasteiger partial charge in [-0.25, -0.2) is 0 Å². The van der Waals surface area contributed by atoms with Crippen molar-refractivity contribution in [3.8, 4) is 11.5 Å². The molecule has 0 aliphatic carbocycles. The zero-order valence-electron chi connectivity index (χ0n) is 12.0. The van der Waals surface area contributed by atoms with E-state index in [2.05, 4.69) is 11.0 Å². The summed E-state index contributed by atoms with van der Waals surface area (Å²) in [6.45, 7) is 6.55. The summed E-state index contributed by atoms with van der Waals surface area (Å²) in [6.07, 6.45) is 3.27. The van der Waals surface area contributed by atoms with Crippen LogP contribution in [0.25, 0.3) is 0 Å². The van der Waals surface area contributed by atoms with Crippen molar-refractivity contribution in [2.45, 2.75) is 19.3 Å². The van der Waals surface area contributed by atoms with Crippen LogP contribution in [0.3, 0.4) is 0 Å². The summed E-state index contributed by atoms with van der Waals surface area (Å²) in [5.74, 6) is 1.99. The molecule has 0 saturated carbocycles. The van der Waals surface area contributed by atoms with Crippen LogP contribution in [0.4, 0.5) is 0 Å². The lowest BCUT2D eigenvalue weighted by Gasteiger charge is -2.26.